The van der Waals surface area contributed by atoms with Crippen molar-refractivity contribution in [2.24, 2.45) is 23.7 Å². The molecule has 3 aliphatic rings. The standard InChI is InChI=1S/C44H87NO13Si2/c1-21-32-44(10,51-14)37(47)27(4)34(46)25(2)23-42(8,49)38(56-41-36(57-59(15,16)17)31(45(11)12)22-26(3)52-41)28(5)35(29(6)40(48)54-32)55-33-24-43(9,50-13)39(30(7)53-33)58-60(18,19)20/h25-39,41,46-47,49H,21-24H2,1-20H3/t25-,26-,27+,28+,29-,30+,31+,32?,33+,34+,35?,36-,37-,38-,39+,41+,42-,43-,44-/m1/s1. The Hall–Kier alpha value is -0.576. The third kappa shape index (κ3) is 12.8. The number of nitrogens with zero attached hydrogens (tertiary/aromatic N) is 1. The molecule has 3 fully saturated rings. The topological polar surface area (TPSA) is 164 Å². The summed E-state index contributed by atoms with van der Waals surface area (Å²) in [5.74, 6) is -3.49. The van der Waals surface area contributed by atoms with Crippen molar-refractivity contribution in [2.45, 2.75) is 225 Å². The highest BCUT2D eigenvalue weighted by Gasteiger charge is 2.55. The molecule has 0 bridgehead atoms. The monoisotopic (exact) mass is 894 g/mol. The molecule has 0 aromatic heterocycles. The van der Waals surface area contributed by atoms with Gasteiger partial charge in [-0.15, -0.1) is 0 Å². The predicted octanol–water partition coefficient (Wildman–Crippen LogP) is 5.95. The van der Waals surface area contributed by atoms with Crippen LogP contribution in [0.3, 0.4) is 0 Å². The van der Waals surface area contributed by atoms with Crippen molar-refractivity contribution in [3.8, 4) is 0 Å². The van der Waals surface area contributed by atoms with Crippen LogP contribution in [-0.2, 0) is 46.8 Å². The van der Waals surface area contributed by atoms with Gasteiger partial charge in [0.25, 0.3) is 0 Å². The maximum absolute atomic E-state index is 14.6. The number of esters is 1. The third-order valence-corrected chi connectivity index (χ3v) is 15.3. The van der Waals surface area contributed by atoms with Gasteiger partial charge in [0.15, 0.2) is 29.2 Å². The highest BCUT2D eigenvalue weighted by Crippen LogP contribution is 2.43. The molecule has 0 saturated carbocycles. The molecular weight excluding hydrogens is 807 g/mol. The molecular formula is C44H87NO13Si2. The lowest BCUT2D eigenvalue weighted by Gasteiger charge is -2.51. The maximum Gasteiger partial charge on any atom is 0.311 e. The summed E-state index contributed by atoms with van der Waals surface area (Å²) in [4.78, 5) is 16.8. The highest BCUT2D eigenvalue weighted by atomic mass is 28.4. The highest BCUT2D eigenvalue weighted by molar-refractivity contribution is 6.70. The normalized spacial score (nSPS) is 45.9. The zero-order chi connectivity index (χ0) is 46.1. The lowest BCUT2D eigenvalue weighted by Crippen LogP contribution is -2.63. The number of carbonyl (C=O) groups excluding carboxylic acids is 1. The smallest absolute Gasteiger partial charge is 0.311 e. The first kappa shape index (κ1) is 53.8. The van der Waals surface area contributed by atoms with E-state index in [4.69, 9.17) is 42.0 Å². The molecule has 0 amide bonds. The van der Waals surface area contributed by atoms with Crippen LogP contribution in [0.5, 0.6) is 0 Å². The summed E-state index contributed by atoms with van der Waals surface area (Å²) in [5.41, 5.74) is -3.81. The molecule has 3 aliphatic heterocycles. The first-order valence-corrected chi connectivity index (χ1v) is 29.2. The summed E-state index contributed by atoms with van der Waals surface area (Å²) in [6.07, 6.45) is -7.02. The minimum atomic E-state index is -2.18. The Morgan fingerprint density at radius 2 is 1.38 bits per heavy atom. The summed E-state index contributed by atoms with van der Waals surface area (Å²) in [7, 11) is 2.97. The Morgan fingerprint density at radius 1 is 0.800 bits per heavy atom. The van der Waals surface area contributed by atoms with E-state index in [0.29, 0.717) is 19.3 Å². The van der Waals surface area contributed by atoms with Crippen molar-refractivity contribution >= 4 is 22.6 Å². The molecule has 19 atom stereocenters. The molecule has 3 saturated heterocycles. The molecule has 3 N–H and O–H groups in total. The second kappa shape index (κ2) is 20.7. The lowest BCUT2D eigenvalue weighted by molar-refractivity contribution is -0.316. The lowest BCUT2D eigenvalue weighted by atomic mass is 9.73. The number of likely N-dealkylation sites (N-methyl/N-ethyl adjacent to an activating group) is 1. The fraction of sp³-hybridized carbons (Fsp3) is 0.977. The molecule has 14 nitrogen and oxygen atoms in total. The van der Waals surface area contributed by atoms with E-state index in [0.717, 1.165) is 0 Å². The molecule has 0 radical (unpaired) electrons. The molecule has 3 rings (SSSR count). The molecule has 0 aliphatic carbocycles. The van der Waals surface area contributed by atoms with Crippen molar-refractivity contribution in [2.75, 3.05) is 28.3 Å². The van der Waals surface area contributed by atoms with Gasteiger partial charge in [-0.1, -0.05) is 27.7 Å². The fourth-order valence-electron chi connectivity index (χ4n) is 9.93. The summed E-state index contributed by atoms with van der Waals surface area (Å²) < 4.78 is 59.3. The van der Waals surface area contributed by atoms with Gasteiger partial charge in [-0.05, 0) is 120 Å². The van der Waals surface area contributed by atoms with Crippen molar-refractivity contribution < 1.29 is 62.1 Å². The van der Waals surface area contributed by atoms with Crippen LogP contribution in [0.4, 0.5) is 0 Å². The maximum atomic E-state index is 14.6. The Kier molecular flexibility index (Phi) is 18.6. The zero-order valence-electron chi connectivity index (χ0n) is 40.9. The molecule has 354 valence electrons. The second-order valence-electron chi connectivity index (χ2n) is 21.3. The number of aliphatic hydroxyl groups is 3. The average molecular weight is 894 g/mol. The second-order valence-corrected chi connectivity index (χ2v) is 30.2. The van der Waals surface area contributed by atoms with E-state index in [9.17, 15) is 20.1 Å². The zero-order valence-corrected chi connectivity index (χ0v) is 42.9. The number of carbonyl (C=O) groups is 1. The van der Waals surface area contributed by atoms with Gasteiger partial charge in [-0.25, -0.2) is 0 Å². The SMILES string of the molecule is CCC1OC(=O)[C@H](C)C(O[C@H]2C[C@@](C)(OC)[C@@H](O[Si](C)(C)C)[C@H](C)O2)[C@H](C)[C@@H](O[C@@H]2O[C@H](C)C[C@H](N(C)C)[C@H]2O[Si](C)(C)C)[C@](C)(O)C[C@@H](C)[C@H](O)[C@H](C)[C@@H](O)[C@]1(C)OC. The number of rotatable bonds is 12. The summed E-state index contributed by atoms with van der Waals surface area (Å²) in [6, 6.07) is -0.0514. The van der Waals surface area contributed by atoms with Crippen molar-refractivity contribution in [3.63, 3.8) is 0 Å². The van der Waals surface area contributed by atoms with Gasteiger partial charge in [-0.2, -0.15) is 0 Å². The molecule has 0 aromatic rings. The molecule has 3 heterocycles. The molecule has 0 aromatic carbocycles. The summed E-state index contributed by atoms with van der Waals surface area (Å²) in [5, 5.41) is 36.7. The van der Waals surface area contributed by atoms with E-state index in [-0.39, 0.29) is 24.7 Å². The third-order valence-electron chi connectivity index (χ3n) is 13.4. The van der Waals surface area contributed by atoms with Crippen molar-refractivity contribution in [1.82, 2.24) is 4.90 Å². The van der Waals surface area contributed by atoms with Crippen LogP contribution in [-0.4, -0.2) is 161 Å². The minimum absolute atomic E-state index is 0.0514. The van der Waals surface area contributed by atoms with E-state index in [1.165, 1.54) is 7.11 Å². The van der Waals surface area contributed by atoms with Crippen LogP contribution in [0.1, 0.15) is 94.9 Å². The van der Waals surface area contributed by atoms with Gasteiger partial charge >= 0.3 is 5.97 Å². The molecule has 60 heavy (non-hydrogen) atoms. The van der Waals surface area contributed by atoms with E-state index < -0.39 is 118 Å². The quantitative estimate of drug-likeness (QED) is 0.156. The summed E-state index contributed by atoms with van der Waals surface area (Å²) in [6.45, 7) is 31.2. The number of hydrogen-bond donors (Lipinski definition) is 3. The van der Waals surface area contributed by atoms with Crippen LogP contribution < -0.4 is 0 Å². The Labute approximate surface area is 365 Å². The van der Waals surface area contributed by atoms with E-state index in [2.05, 4.69) is 44.2 Å². The van der Waals surface area contributed by atoms with Gasteiger partial charge in [0, 0.05) is 38.5 Å². The first-order chi connectivity index (χ1) is 27.4. The molecule has 0 spiro atoms. The van der Waals surface area contributed by atoms with Crippen molar-refractivity contribution in [3.05, 3.63) is 0 Å². The van der Waals surface area contributed by atoms with Crippen LogP contribution in [0.25, 0.3) is 0 Å². The predicted molar refractivity (Wildman–Crippen MR) is 236 cm³/mol. The Bertz CT molecular complexity index is 1360. The number of aliphatic hydroxyl groups excluding tert-OH is 2. The van der Waals surface area contributed by atoms with E-state index in [1.807, 2.05) is 55.6 Å². The Morgan fingerprint density at radius 3 is 1.88 bits per heavy atom. The van der Waals surface area contributed by atoms with E-state index >= 15 is 0 Å². The van der Waals surface area contributed by atoms with Gasteiger partial charge in [-0.3, -0.25) is 4.79 Å². The van der Waals surface area contributed by atoms with Gasteiger partial charge in [0.1, 0.15) is 17.8 Å². The van der Waals surface area contributed by atoms with Crippen LogP contribution in [0, 0.1) is 23.7 Å². The number of ether oxygens (including phenoxy) is 7. The first-order valence-electron chi connectivity index (χ1n) is 22.4. The van der Waals surface area contributed by atoms with Crippen LogP contribution in [0.15, 0.2) is 0 Å². The summed E-state index contributed by atoms with van der Waals surface area (Å²) >= 11 is 0. The minimum Gasteiger partial charge on any atom is -0.459 e. The van der Waals surface area contributed by atoms with Crippen LogP contribution in [0.2, 0.25) is 39.3 Å². The number of cyclic esters (lactones) is 1. The average Bonchev–Trinajstić information content (AvgIpc) is 3.13. The molecule has 16 heteroatoms. The van der Waals surface area contributed by atoms with Gasteiger partial charge in [0.05, 0.1) is 59.8 Å². The fourth-order valence-corrected chi connectivity index (χ4v) is 12.2. The van der Waals surface area contributed by atoms with Crippen LogP contribution >= 0.6 is 0 Å². The van der Waals surface area contributed by atoms with Gasteiger partial charge < -0.3 is 62.2 Å². The largest absolute Gasteiger partial charge is 0.459 e. The van der Waals surface area contributed by atoms with E-state index in [1.54, 1.807) is 34.8 Å². The van der Waals surface area contributed by atoms with Gasteiger partial charge in [0.2, 0.25) is 0 Å². The Balaban J connectivity index is 2.27. The number of hydrogen-bond acceptors (Lipinski definition) is 14. The molecule has 2 unspecified atom stereocenters. The number of methoxy groups -OCH3 is 2. The van der Waals surface area contributed by atoms with Crippen molar-refractivity contribution in [1.29, 1.82) is 0 Å².